The van der Waals surface area contributed by atoms with E-state index in [-0.39, 0.29) is 16.7 Å². The highest BCUT2D eigenvalue weighted by Gasteiger charge is 2.48. The molecule has 7 nitrogen and oxygen atoms in total. The minimum Gasteiger partial charge on any atom is -0.507 e. The summed E-state index contributed by atoms with van der Waals surface area (Å²) < 4.78 is 11.3. The number of aromatic nitrogens is 1. The first-order valence-electron chi connectivity index (χ1n) is 12.9. The van der Waals surface area contributed by atoms with Crippen molar-refractivity contribution in [2.75, 3.05) is 18.6 Å². The molecule has 1 aliphatic rings. The van der Waals surface area contributed by atoms with Crippen LogP contribution < -0.4 is 14.4 Å². The third kappa shape index (κ3) is 4.54. The molecule has 0 spiro atoms. The van der Waals surface area contributed by atoms with Crippen LogP contribution in [0.4, 0.5) is 5.69 Å². The Labute approximate surface area is 227 Å². The van der Waals surface area contributed by atoms with Crippen molar-refractivity contribution < 1.29 is 24.2 Å². The number of ketones is 1. The number of hydrogen-bond donors (Lipinski definition) is 2. The minimum atomic E-state index is -0.888. The lowest BCUT2D eigenvalue weighted by Gasteiger charge is -2.26. The number of aliphatic hydroxyl groups excluding tert-OH is 1. The van der Waals surface area contributed by atoms with E-state index in [2.05, 4.69) is 25.8 Å². The van der Waals surface area contributed by atoms with Crippen molar-refractivity contribution >= 4 is 34.0 Å². The van der Waals surface area contributed by atoms with Gasteiger partial charge in [0.25, 0.3) is 11.7 Å². The van der Waals surface area contributed by atoms with Crippen molar-refractivity contribution in [2.45, 2.75) is 39.2 Å². The van der Waals surface area contributed by atoms with Gasteiger partial charge in [-0.15, -0.1) is 0 Å². The lowest BCUT2D eigenvalue weighted by molar-refractivity contribution is -0.132. The van der Waals surface area contributed by atoms with Gasteiger partial charge < -0.3 is 19.6 Å². The van der Waals surface area contributed by atoms with Gasteiger partial charge in [0, 0.05) is 34.4 Å². The highest BCUT2D eigenvalue weighted by molar-refractivity contribution is 6.52. The van der Waals surface area contributed by atoms with Crippen LogP contribution in [0.25, 0.3) is 16.7 Å². The second-order valence-corrected chi connectivity index (χ2v) is 10.6. The average Bonchev–Trinajstić information content (AvgIpc) is 3.46. The van der Waals surface area contributed by atoms with Crippen molar-refractivity contribution in [2.24, 2.45) is 0 Å². The standard InChI is InChI=1S/C32H32N2O5/c1-6-39-21-11-9-10-20(17-21)34-28(24-18-33-25-13-8-7-12-22(24)25)27(30(36)31(34)37)29(35)23-16-19(32(2,3)4)14-15-26(23)38-5/h7-18,28,33,35H,6H2,1-5H3/b29-27+. The molecule has 2 heterocycles. The number of anilines is 1. The molecule has 1 amide bonds. The summed E-state index contributed by atoms with van der Waals surface area (Å²) in [6.45, 7) is 8.53. The van der Waals surface area contributed by atoms with Gasteiger partial charge in [-0.2, -0.15) is 0 Å². The topological polar surface area (TPSA) is 91.9 Å². The Morgan fingerprint density at radius 1 is 1.03 bits per heavy atom. The van der Waals surface area contributed by atoms with E-state index >= 15 is 0 Å². The van der Waals surface area contributed by atoms with Crippen LogP contribution in [-0.4, -0.2) is 35.5 Å². The van der Waals surface area contributed by atoms with Crippen molar-refractivity contribution in [3.8, 4) is 11.5 Å². The zero-order valence-corrected chi connectivity index (χ0v) is 22.7. The van der Waals surface area contributed by atoms with Crippen molar-refractivity contribution in [1.82, 2.24) is 4.98 Å². The van der Waals surface area contributed by atoms with E-state index in [4.69, 9.17) is 9.47 Å². The number of amides is 1. The number of Topliss-reactive ketones (excluding diaryl/α,β-unsaturated/α-hetero) is 1. The molecule has 39 heavy (non-hydrogen) atoms. The molecule has 2 N–H and O–H groups in total. The fourth-order valence-electron chi connectivity index (χ4n) is 5.11. The van der Waals surface area contributed by atoms with Crippen LogP contribution >= 0.6 is 0 Å². The molecular formula is C32H32N2O5. The predicted molar refractivity (Wildman–Crippen MR) is 152 cm³/mol. The zero-order valence-electron chi connectivity index (χ0n) is 22.7. The summed E-state index contributed by atoms with van der Waals surface area (Å²) in [5, 5.41) is 12.7. The quantitative estimate of drug-likeness (QED) is 0.171. The molecule has 4 aromatic rings. The lowest BCUT2D eigenvalue weighted by Crippen LogP contribution is -2.29. The lowest BCUT2D eigenvalue weighted by atomic mass is 9.85. The molecule has 1 atom stereocenters. The Bertz CT molecular complexity index is 1610. The van der Waals surface area contributed by atoms with Crippen molar-refractivity contribution in [3.05, 3.63) is 95.2 Å². The summed E-state index contributed by atoms with van der Waals surface area (Å²) in [6.07, 6.45) is 1.79. The summed E-state index contributed by atoms with van der Waals surface area (Å²) in [4.78, 5) is 32.1. The Balaban J connectivity index is 1.79. The molecule has 1 aromatic heterocycles. The number of para-hydroxylation sites is 1. The fraction of sp³-hybridized carbons (Fsp3) is 0.250. The molecule has 3 aromatic carbocycles. The SMILES string of the molecule is CCOc1cccc(N2C(=O)C(=O)/C(=C(/O)c3cc(C(C)(C)C)ccc3OC)C2c2c[nH]c3ccccc23)c1. The second kappa shape index (κ2) is 9.98. The Hall–Kier alpha value is -4.52. The summed E-state index contributed by atoms with van der Waals surface area (Å²) in [7, 11) is 1.51. The number of aliphatic hydroxyl groups is 1. The van der Waals surface area contributed by atoms with E-state index in [9.17, 15) is 14.7 Å². The molecule has 7 heteroatoms. The summed E-state index contributed by atoms with van der Waals surface area (Å²) in [6, 6.07) is 19.4. The van der Waals surface area contributed by atoms with E-state index in [1.165, 1.54) is 12.0 Å². The summed E-state index contributed by atoms with van der Waals surface area (Å²) in [5.41, 5.74) is 3.13. The minimum absolute atomic E-state index is 0.00377. The molecule has 1 unspecified atom stereocenters. The molecule has 1 aliphatic heterocycles. The number of H-pyrrole nitrogens is 1. The van der Waals surface area contributed by atoms with Gasteiger partial charge in [0.2, 0.25) is 0 Å². The number of nitrogens with zero attached hydrogens (tertiary/aromatic N) is 1. The first-order valence-corrected chi connectivity index (χ1v) is 12.9. The van der Waals surface area contributed by atoms with Gasteiger partial charge in [0.15, 0.2) is 0 Å². The van der Waals surface area contributed by atoms with Crippen LogP contribution in [-0.2, 0) is 15.0 Å². The largest absolute Gasteiger partial charge is 0.507 e. The maximum atomic E-state index is 13.7. The van der Waals surface area contributed by atoms with Crippen LogP contribution in [0, 0.1) is 0 Å². The van der Waals surface area contributed by atoms with Crippen LogP contribution in [0.5, 0.6) is 11.5 Å². The third-order valence-electron chi connectivity index (χ3n) is 7.09. The molecule has 200 valence electrons. The molecule has 0 aliphatic carbocycles. The van der Waals surface area contributed by atoms with Gasteiger partial charge in [-0.1, -0.05) is 51.1 Å². The molecule has 0 bridgehead atoms. The van der Waals surface area contributed by atoms with Gasteiger partial charge in [0.1, 0.15) is 17.3 Å². The van der Waals surface area contributed by atoms with Gasteiger partial charge in [0.05, 0.1) is 30.9 Å². The van der Waals surface area contributed by atoms with Gasteiger partial charge >= 0.3 is 0 Å². The highest BCUT2D eigenvalue weighted by Crippen LogP contribution is 2.46. The molecule has 0 radical (unpaired) electrons. The van der Waals surface area contributed by atoms with Crippen molar-refractivity contribution in [3.63, 3.8) is 0 Å². The zero-order chi connectivity index (χ0) is 27.9. The molecular weight excluding hydrogens is 492 g/mol. The monoisotopic (exact) mass is 524 g/mol. The summed E-state index contributed by atoms with van der Waals surface area (Å²) >= 11 is 0. The van der Waals surface area contributed by atoms with E-state index in [0.29, 0.717) is 34.9 Å². The van der Waals surface area contributed by atoms with Crippen LogP contribution in [0.15, 0.2) is 78.5 Å². The Morgan fingerprint density at radius 3 is 2.51 bits per heavy atom. The summed E-state index contributed by atoms with van der Waals surface area (Å²) in [5.74, 6) is -0.800. The average molecular weight is 525 g/mol. The van der Waals surface area contributed by atoms with Crippen molar-refractivity contribution in [1.29, 1.82) is 0 Å². The van der Waals surface area contributed by atoms with Gasteiger partial charge in [-0.3, -0.25) is 14.5 Å². The number of rotatable bonds is 6. The number of hydrogen-bond acceptors (Lipinski definition) is 5. The number of carbonyl (C=O) groups excluding carboxylic acids is 2. The fourth-order valence-corrected chi connectivity index (χ4v) is 5.11. The normalized spacial score (nSPS) is 17.2. The molecule has 0 saturated carbocycles. The second-order valence-electron chi connectivity index (χ2n) is 10.6. The van der Waals surface area contributed by atoms with E-state index in [0.717, 1.165) is 16.5 Å². The van der Waals surface area contributed by atoms with E-state index in [1.807, 2.05) is 43.3 Å². The van der Waals surface area contributed by atoms with Gasteiger partial charge in [-0.05, 0) is 48.2 Å². The highest BCUT2D eigenvalue weighted by atomic mass is 16.5. The number of nitrogens with one attached hydrogen (secondary N) is 1. The first-order chi connectivity index (χ1) is 18.7. The van der Waals surface area contributed by atoms with Crippen LogP contribution in [0.2, 0.25) is 0 Å². The number of aromatic amines is 1. The third-order valence-corrected chi connectivity index (χ3v) is 7.09. The maximum Gasteiger partial charge on any atom is 0.300 e. The van der Waals surface area contributed by atoms with E-state index < -0.39 is 17.7 Å². The van der Waals surface area contributed by atoms with Crippen LogP contribution in [0.1, 0.15) is 50.4 Å². The maximum absolute atomic E-state index is 13.7. The molecule has 5 rings (SSSR count). The Kier molecular flexibility index (Phi) is 6.68. The number of ether oxygens (including phenoxy) is 2. The predicted octanol–water partition coefficient (Wildman–Crippen LogP) is 6.50. The smallest absolute Gasteiger partial charge is 0.300 e. The number of carbonyl (C=O) groups is 2. The Morgan fingerprint density at radius 2 is 1.79 bits per heavy atom. The number of methoxy groups -OCH3 is 1. The van der Waals surface area contributed by atoms with Crippen LogP contribution in [0.3, 0.4) is 0 Å². The first kappa shape index (κ1) is 26.1. The van der Waals surface area contributed by atoms with E-state index in [1.54, 1.807) is 36.5 Å². The molecule has 1 fully saturated rings. The number of benzene rings is 3. The number of fused-ring (bicyclic) bond motifs is 1. The van der Waals surface area contributed by atoms with Gasteiger partial charge in [-0.25, -0.2) is 0 Å². The molecule has 1 saturated heterocycles.